The maximum Gasteiger partial charge on any atom is 0.255 e. The normalized spacial score (nSPS) is 17.9. The third-order valence-electron chi connectivity index (χ3n) is 4.72. The molecule has 0 radical (unpaired) electrons. The SMILES string of the molecule is N=S1(=O)Cc2ccc(C(=O)Nc3cc(-c4ccc(F)cc4)ccc3N)cc2C1. The Kier molecular flexibility index (Phi) is 4.39. The van der Waals surface area contributed by atoms with E-state index in [1.165, 1.54) is 12.1 Å². The first-order valence-corrected chi connectivity index (χ1v) is 10.5. The van der Waals surface area contributed by atoms with Crippen LogP contribution in [0.2, 0.25) is 0 Å². The highest BCUT2D eigenvalue weighted by atomic mass is 32.2. The number of carbonyl (C=O) groups excluding carboxylic acids is 1. The lowest BCUT2D eigenvalue weighted by molar-refractivity contribution is 0.102. The van der Waals surface area contributed by atoms with E-state index in [4.69, 9.17) is 10.5 Å². The van der Waals surface area contributed by atoms with Crippen LogP contribution in [-0.2, 0) is 21.2 Å². The number of amides is 1. The summed E-state index contributed by atoms with van der Waals surface area (Å²) in [5.41, 5.74) is 10.5. The zero-order valence-corrected chi connectivity index (χ0v) is 15.7. The summed E-state index contributed by atoms with van der Waals surface area (Å²) >= 11 is 0. The molecule has 28 heavy (non-hydrogen) atoms. The molecule has 4 rings (SSSR count). The van der Waals surface area contributed by atoms with Gasteiger partial charge in [-0.1, -0.05) is 24.3 Å². The molecule has 5 nitrogen and oxygen atoms in total. The number of rotatable bonds is 3. The number of hydrogen-bond acceptors (Lipinski definition) is 4. The zero-order chi connectivity index (χ0) is 19.9. The number of nitrogens with one attached hydrogen (secondary N) is 2. The number of anilines is 2. The number of halogens is 1. The molecule has 7 heteroatoms. The standard InChI is InChI=1S/C21H18FN3O2S/c22-18-6-3-13(4-7-18)14-5-8-19(23)20(10-14)25-21(26)15-1-2-16-11-28(24,27)12-17(16)9-15/h1-10,24H,11-12,23H2,(H,25,26). The summed E-state index contributed by atoms with van der Waals surface area (Å²) in [6.07, 6.45) is 0. The Morgan fingerprint density at radius 1 is 0.964 bits per heavy atom. The summed E-state index contributed by atoms with van der Waals surface area (Å²) < 4.78 is 32.9. The van der Waals surface area contributed by atoms with E-state index in [9.17, 15) is 13.4 Å². The van der Waals surface area contributed by atoms with Crippen LogP contribution in [0, 0.1) is 10.6 Å². The molecule has 1 atom stereocenters. The predicted molar refractivity (Wildman–Crippen MR) is 109 cm³/mol. The van der Waals surface area contributed by atoms with Gasteiger partial charge < -0.3 is 11.1 Å². The van der Waals surface area contributed by atoms with E-state index in [-0.39, 0.29) is 23.2 Å². The fourth-order valence-corrected chi connectivity index (χ4v) is 4.93. The molecule has 0 saturated heterocycles. The quantitative estimate of drug-likeness (QED) is 0.574. The monoisotopic (exact) mass is 395 g/mol. The van der Waals surface area contributed by atoms with Gasteiger partial charge in [0.25, 0.3) is 5.91 Å². The Morgan fingerprint density at radius 2 is 1.64 bits per heavy atom. The second-order valence-electron chi connectivity index (χ2n) is 6.85. The smallest absolute Gasteiger partial charge is 0.255 e. The number of nitrogen functional groups attached to an aromatic ring is 1. The zero-order valence-electron chi connectivity index (χ0n) is 14.9. The summed E-state index contributed by atoms with van der Waals surface area (Å²) in [6.45, 7) is 0. The maximum atomic E-state index is 13.1. The molecule has 0 saturated carbocycles. The van der Waals surface area contributed by atoms with Crippen molar-refractivity contribution in [2.75, 3.05) is 11.1 Å². The summed E-state index contributed by atoms with van der Waals surface area (Å²) in [7, 11) is -2.63. The van der Waals surface area contributed by atoms with E-state index in [2.05, 4.69) is 5.32 Å². The van der Waals surface area contributed by atoms with Crippen molar-refractivity contribution in [3.05, 3.63) is 83.2 Å². The summed E-state index contributed by atoms with van der Waals surface area (Å²) in [4.78, 5) is 12.7. The fourth-order valence-electron chi connectivity index (χ4n) is 3.28. The minimum atomic E-state index is -2.63. The van der Waals surface area contributed by atoms with Crippen LogP contribution in [0.4, 0.5) is 15.8 Å². The molecule has 1 amide bonds. The van der Waals surface area contributed by atoms with Crippen LogP contribution >= 0.6 is 0 Å². The van der Waals surface area contributed by atoms with Gasteiger partial charge in [0.1, 0.15) is 5.82 Å². The van der Waals surface area contributed by atoms with Crippen molar-refractivity contribution in [3.8, 4) is 11.1 Å². The third kappa shape index (κ3) is 3.61. The van der Waals surface area contributed by atoms with E-state index in [1.807, 2.05) is 0 Å². The van der Waals surface area contributed by atoms with Crippen LogP contribution in [0.25, 0.3) is 11.1 Å². The Morgan fingerprint density at radius 3 is 2.39 bits per heavy atom. The highest BCUT2D eigenvalue weighted by Crippen LogP contribution is 2.29. The van der Waals surface area contributed by atoms with Crippen molar-refractivity contribution in [3.63, 3.8) is 0 Å². The lowest BCUT2D eigenvalue weighted by Crippen LogP contribution is -2.13. The van der Waals surface area contributed by atoms with Crippen molar-refractivity contribution < 1.29 is 13.4 Å². The molecule has 0 fully saturated rings. The molecule has 1 aliphatic rings. The van der Waals surface area contributed by atoms with Gasteiger partial charge in [0.05, 0.1) is 32.6 Å². The van der Waals surface area contributed by atoms with Gasteiger partial charge >= 0.3 is 0 Å². The molecule has 1 unspecified atom stereocenters. The van der Waals surface area contributed by atoms with Crippen LogP contribution < -0.4 is 11.1 Å². The first kappa shape index (κ1) is 18.2. The number of benzene rings is 3. The van der Waals surface area contributed by atoms with E-state index in [1.54, 1.807) is 48.5 Å². The van der Waals surface area contributed by atoms with E-state index < -0.39 is 9.73 Å². The molecule has 142 valence electrons. The topological polar surface area (TPSA) is 96.0 Å². The van der Waals surface area contributed by atoms with Crippen molar-refractivity contribution in [2.45, 2.75) is 11.5 Å². The molecule has 3 aromatic carbocycles. The van der Waals surface area contributed by atoms with Crippen molar-refractivity contribution >= 4 is 27.0 Å². The minimum Gasteiger partial charge on any atom is -0.397 e. The van der Waals surface area contributed by atoms with E-state index in [0.29, 0.717) is 16.9 Å². The lowest BCUT2D eigenvalue weighted by atomic mass is 10.0. The van der Waals surface area contributed by atoms with Gasteiger partial charge in [-0.05, 0) is 58.7 Å². The van der Waals surface area contributed by atoms with Gasteiger partial charge in [0.15, 0.2) is 0 Å². The Labute approximate surface area is 162 Å². The number of fused-ring (bicyclic) bond motifs is 1. The minimum absolute atomic E-state index is 0.172. The molecule has 0 spiro atoms. The highest BCUT2D eigenvalue weighted by Gasteiger charge is 2.22. The predicted octanol–water partition coefficient (Wildman–Crippen LogP) is 4.39. The lowest BCUT2D eigenvalue weighted by Gasteiger charge is -2.11. The summed E-state index contributed by atoms with van der Waals surface area (Å²) in [5, 5.41) is 2.80. The van der Waals surface area contributed by atoms with E-state index in [0.717, 1.165) is 22.3 Å². The van der Waals surface area contributed by atoms with Crippen molar-refractivity contribution in [1.82, 2.24) is 0 Å². The Balaban J connectivity index is 1.60. The van der Waals surface area contributed by atoms with Gasteiger partial charge in [-0.3, -0.25) is 9.57 Å². The molecular formula is C21H18FN3O2S. The summed E-state index contributed by atoms with van der Waals surface area (Å²) in [6, 6.07) is 16.4. The molecular weight excluding hydrogens is 377 g/mol. The number of nitrogens with two attached hydrogens (primary N) is 1. The average molecular weight is 395 g/mol. The fraction of sp³-hybridized carbons (Fsp3) is 0.0952. The Bertz CT molecular complexity index is 1190. The Hall–Kier alpha value is -3.19. The average Bonchev–Trinajstić information content (AvgIpc) is 2.97. The molecule has 3 aromatic rings. The molecule has 1 heterocycles. The van der Waals surface area contributed by atoms with E-state index >= 15 is 0 Å². The number of carbonyl (C=O) groups is 1. The first-order valence-electron chi connectivity index (χ1n) is 8.63. The van der Waals surface area contributed by atoms with Crippen LogP contribution in [0.15, 0.2) is 60.7 Å². The molecule has 0 bridgehead atoms. The van der Waals surface area contributed by atoms with Crippen LogP contribution in [-0.4, -0.2) is 10.1 Å². The molecule has 0 aliphatic carbocycles. The van der Waals surface area contributed by atoms with Gasteiger partial charge in [0, 0.05) is 5.56 Å². The van der Waals surface area contributed by atoms with Gasteiger partial charge in [0.2, 0.25) is 0 Å². The van der Waals surface area contributed by atoms with Crippen LogP contribution in [0.1, 0.15) is 21.5 Å². The molecule has 0 aromatic heterocycles. The third-order valence-corrected chi connectivity index (χ3v) is 6.28. The molecule has 1 aliphatic heterocycles. The van der Waals surface area contributed by atoms with Crippen LogP contribution in [0.3, 0.4) is 0 Å². The highest BCUT2D eigenvalue weighted by molar-refractivity contribution is 7.91. The molecule has 4 N–H and O–H groups in total. The van der Waals surface area contributed by atoms with Crippen LogP contribution in [0.5, 0.6) is 0 Å². The largest absolute Gasteiger partial charge is 0.397 e. The second kappa shape index (κ2) is 6.76. The van der Waals surface area contributed by atoms with Gasteiger partial charge in [-0.2, -0.15) is 0 Å². The maximum absolute atomic E-state index is 13.1. The van der Waals surface area contributed by atoms with Crippen molar-refractivity contribution in [1.29, 1.82) is 4.78 Å². The second-order valence-corrected chi connectivity index (χ2v) is 9.05. The van der Waals surface area contributed by atoms with Gasteiger partial charge in [-0.25, -0.2) is 8.60 Å². The van der Waals surface area contributed by atoms with Crippen molar-refractivity contribution in [2.24, 2.45) is 0 Å². The summed E-state index contributed by atoms with van der Waals surface area (Å²) in [5.74, 6) is -0.252. The first-order chi connectivity index (χ1) is 13.3. The van der Waals surface area contributed by atoms with Gasteiger partial charge in [-0.15, -0.1) is 0 Å². The number of hydrogen-bond donors (Lipinski definition) is 3.